The van der Waals surface area contributed by atoms with Gasteiger partial charge >= 0.3 is 0 Å². The average molecular weight is 416 g/mol. The molecule has 2 aromatic heterocycles. The second kappa shape index (κ2) is 8.94. The molecule has 2 rings (SSSR count). The van der Waals surface area contributed by atoms with E-state index in [0.29, 0.717) is 23.9 Å². The Bertz CT molecular complexity index is 870. The van der Waals surface area contributed by atoms with Crippen molar-refractivity contribution >= 4 is 38.7 Å². The molecule has 10 heteroatoms. The summed E-state index contributed by atoms with van der Waals surface area (Å²) < 4.78 is 27.4. The Balaban J connectivity index is 1.84. The number of nitrogens with one attached hydrogen (secondary N) is 2. The maximum absolute atomic E-state index is 12.4. The molecule has 0 aliphatic carbocycles. The second-order valence-corrected chi connectivity index (χ2v) is 10.1. The first kappa shape index (κ1) is 20.8. The lowest BCUT2D eigenvalue weighted by molar-refractivity contribution is 0.471. The van der Waals surface area contributed by atoms with Crippen LogP contribution in [-0.2, 0) is 16.6 Å². The van der Waals surface area contributed by atoms with E-state index < -0.39 is 10.0 Å². The zero-order valence-corrected chi connectivity index (χ0v) is 18.1. The summed E-state index contributed by atoms with van der Waals surface area (Å²) in [6.07, 6.45) is 0. The van der Waals surface area contributed by atoms with Crippen molar-refractivity contribution in [3.05, 3.63) is 31.9 Å². The Morgan fingerprint density at radius 3 is 2.58 bits per heavy atom. The Morgan fingerprint density at radius 2 is 2.04 bits per heavy atom. The minimum absolute atomic E-state index is 0.277. The quantitative estimate of drug-likeness (QED) is 0.411. The smallest absolute Gasteiger partial charge is 0.241 e. The van der Waals surface area contributed by atoms with Crippen molar-refractivity contribution in [2.24, 2.45) is 4.99 Å². The van der Waals surface area contributed by atoms with Gasteiger partial charge in [-0.15, -0.1) is 22.7 Å². The van der Waals surface area contributed by atoms with Crippen LogP contribution in [0.4, 0.5) is 0 Å². The molecule has 0 aromatic carbocycles. The average Bonchev–Trinajstić information content (AvgIpc) is 3.12. The molecule has 0 unspecified atom stereocenters. The van der Waals surface area contributed by atoms with Gasteiger partial charge in [0.2, 0.25) is 10.0 Å². The minimum atomic E-state index is -3.48. The van der Waals surface area contributed by atoms with Gasteiger partial charge in [0.15, 0.2) is 5.96 Å². The van der Waals surface area contributed by atoms with Crippen molar-refractivity contribution < 1.29 is 8.42 Å². The molecule has 0 fully saturated rings. The molecule has 0 bridgehead atoms. The van der Waals surface area contributed by atoms with E-state index in [1.807, 2.05) is 38.1 Å². The molecule has 2 aromatic rings. The molecule has 0 radical (unpaired) electrons. The van der Waals surface area contributed by atoms with Gasteiger partial charge in [0.05, 0.1) is 22.1 Å². The van der Waals surface area contributed by atoms with E-state index in [1.54, 1.807) is 24.5 Å². The van der Waals surface area contributed by atoms with E-state index in [-0.39, 0.29) is 6.54 Å². The summed E-state index contributed by atoms with van der Waals surface area (Å²) in [5.41, 5.74) is 0.988. The van der Waals surface area contributed by atoms with Crippen LogP contribution in [0.15, 0.2) is 21.3 Å². The summed E-state index contributed by atoms with van der Waals surface area (Å²) in [4.78, 5) is 12.8. The summed E-state index contributed by atoms with van der Waals surface area (Å²) in [5.74, 6) is 0.692. The third-order valence-electron chi connectivity index (χ3n) is 3.62. The molecule has 2 heterocycles. The molecule has 0 spiro atoms. The number of guanidine groups is 1. The van der Waals surface area contributed by atoms with Gasteiger partial charge in [-0.25, -0.2) is 18.1 Å². The fourth-order valence-corrected chi connectivity index (χ4v) is 5.68. The normalized spacial score (nSPS) is 12.4. The van der Waals surface area contributed by atoms with Crippen molar-refractivity contribution in [3.8, 4) is 0 Å². The zero-order chi connectivity index (χ0) is 19.3. The van der Waals surface area contributed by atoms with Gasteiger partial charge in [-0.05, 0) is 26.8 Å². The van der Waals surface area contributed by atoms with Gasteiger partial charge in [-0.1, -0.05) is 0 Å². The number of aryl methyl sites for hydroxylation is 3. The lowest BCUT2D eigenvalue weighted by Crippen LogP contribution is -2.42. The Kier molecular flexibility index (Phi) is 7.16. The number of rotatable bonds is 7. The molecule has 0 amide bonds. The summed E-state index contributed by atoms with van der Waals surface area (Å²) in [7, 11) is 0.141. The van der Waals surface area contributed by atoms with Gasteiger partial charge < -0.3 is 10.2 Å². The van der Waals surface area contributed by atoms with Crippen molar-refractivity contribution in [3.63, 3.8) is 0 Å². The first-order valence-corrected chi connectivity index (χ1v) is 11.3. The van der Waals surface area contributed by atoms with Crippen LogP contribution in [0.3, 0.4) is 0 Å². The number of hydrogen-bond donors (Lipinski definition) is 2. The van der Waals surface area contributed by atoms with Crippen molar-refractivity contribution in [1.82, 2.24) is 19.9 Å². The van der Waals surface area contributed by atoms with E-state index in [1.165, 1.54) is 11.3 Å². The number of aliphatic imine (C=N–C) groups is 1. The topological polar surface area (TPSA) is 86.7 Å². The highest BCUT2D eigenvalue weighted by atomic mass is 32.2. The molecule has 0 aliphatic heterocycles. The molecular weight excluding hydrogens is 390 g/mol. The SMILES string of the molecule is CN=C(NCCNS(=O)(=O)c1cc(C)sc1C)N(C)Cc1csc(C)n1. The summed E-state index contributed by atoms with van der Waals surface area (Å²) in [5, 5.41) is 6.23. The Hall–Kier alpha value is -1.49. The highest BCUT2D eigenvalue weighted by Crippen LogP contribution is 2.24. The second-order valence-electron chi connectivity index (χ2n) is 5.86. The molecule has 0 atom stereocenters. The monoisotopic (exact) mass is 415 g/mol. The summed E-state index contributed by atoms with van der Waals surface area (Å²) >= 11 is 3.10. The Labute approximate surface area is 163 Å². The van der Waals surface area contributed by atoms with Crippen LogP contribution in [0, 0.1) is 20.8 Å². The van der Waals surface area contributed by atoms with Gasteiger partial charge in [-0.2, -0.15) is 0 Å². The number of aromatic nitrogens is 1. The van der Waals surface area contributed by atoms with Crippen LogP contribution in [-0.4, -0.2) is 51.4 Å². The predicted molar refractivity (Wildman–Crippen MR) is 109 cm³/mol. The summed E-state index contributed by atoms with van der Waals surface area (Å²) in [6.45, 7) is 7.06. The van der Waals surface area contributed by atoms with Crippen LogP contribution in [0.1, 0.15) is 20.5 Å². The van der Waals surface area contributed by atoms with Gasteiger partial charge in [-0.3, -0.25) is 4.99 Å². The maximum Gasteiger partial charge on any atom is 0.241 e. The molecule has 7 nitrogen and oxygen atoms in total. The number of sulfonamides is 1. The van der Waals surface area contributed by atoms with E-state index in [0.717, 1.165) is 20.5 Å². The number of hydrogen-bond acceptors (Lipinski definition) is 6. The van der Waals surface area contributed by atoms with Crippen molar-refractivity contribution in [2.45, 2.75) is 32.2 Å². The van der Waals surface area contributed by atoms with Gasteiger partial charge in [0, 0.05) is 42.3 Å². The number of nitrogens with zero attached hydrogens (tertiary/aromatic N) is 3. The number of thiazole rings is 1. The highest BCUT2D eigenvalue weighted by molar-refractivity contribution is 7.89. The maximum atomic E-state index is 12.4. The van der Waals surface area contributed by atoms with Gasteiger partial charge in [0.1, 0.15) is 0 Å². The van der Waals surface area contributed by atoms with Crippen LogP contribution < -0.4 is 10.0 Å². The van der Waals surface area contributed by atoms with E-state index in [4.69, 9.17) is 0 Å². The van der Waals surface area contributed by atoms with Gasteiger partial charge in [0.25, 0.3) is 0 Å². The first-order chi connectivity index (χ1) is 12.2. The van der Waals surface area contributed by atoms with Crippen LogP contribution in [0.5, 0.6) is 0 Å². The molecule has 2 N–H and O–H groups in total. The van der Waals surface area contributed by atoms with Crippen LogP contribution >= 0.6 is 22.7 Å². The molecule has 0 saturated carbocycles. The van der Waals surface area contributed by atoms with E-state index in [2.05, 4.69) is 20.0 Å². The molecule has 0 saturated heterocycles. The highest BCUT2D eigenvalue weighted by Gasteiger charge is 2.18. The van der Waals surface area contributed by atoms with Crippen molar-refractivity contribution in [1.29, 1.82) is 0 Å². The minimum Gasteiger partial charge on any atom is -0.355 e. The van der Waals surface area contributed by atoms with Crippen LogP contribution in [0.2, 0.25) is 0 Å². The Morgan fingerprint density at radius 1 is 1.31 bits per heavy atom. The third kappa shape index (κ3) is 5.50. The lowest BCUT2D eigenvalue weighted by Gasteiger charge is -2.21. The van der Waals surface area contributed by atoms with Crippen LogP contribution in [0.25, 0.3) is 0 Å². The molecule has 144 valence electrons. The number of thiophene rings is 1. The first-order valence-electron chi connectivity index (χ1n) is 8.12. The molecular formula is C16H25N5O2S3. The molecule has 26 heavy (non-hydrogen) atoms. The zero-order valence-electron chi connectivity index (χ0n) is 15.7. The largest absolute Gasteiger partial charge is 0.355 e. The van der Waals surface area contributed by atoms with E-state index in [9.17, 15) is 8.42 Å². The van der Waals surface area contributed by atoms with E-state index >= 15 is 0 Å². The summed E-state index contributed by atoms with van der Waals surface area (Å²) in [6, 6.07) is 1.71. The standard InChI is InChI=1S/C16H25N5O2S3/c1-11-8-15(12(2)25-11)26(22,23)19-7-6-18-16(17-4)21(5)9-14-10-24-13(3)20-14/h8,10,19H,6-7,9H2,1-5H3,(H,17,18). The fraction of sp³-hybridized carbons (Fsp3) is 0.500. The predicted octanol–water partition coefficient (Wildman–Crippen LogP) is 2.12. The fourth-order valence-electron chi connectivity index (χ4n) is 2.50. The van der Waals surface area contributed by atoms with Crippen molar-refractivity contribution in [2.75, 3.05) is 27.2 Å². The third-order valence-corrected chi connectivity index (χ3v) is 7.13. The lowest BCUT2D eigenvalue weighted by atomic mass is 10.4. The molecule has 0 aliphatic rings.